The minimum absolute atomic E-state index is 0.0368. The maximum atomic E-state index is 11.8. The van der Waals surface area contributed by atoms with E-state index in [0.717, 1.165) is 10.0 Å². The third-order valence-electron chi connectivity index (χ3n) is 3.30. The molecule has 0 bridgehead atoms. The molecule has 0 aliphatic heterocycles. The minimum atomic E-state index is -0.898. The van der Waals surface area contributed by atoms with Gasteiger partial charge in [0.25, 0.3) is 0 Å². The van der Waals surface area contributed by atoms with Gasteiger partial charge >= 0.3 is 12.0 Å². The Balaban J connectivity index is 2.52. The highest BCUT2D eigenvalue weighted by Crippen LogP contribution is 2.17. The number of aliphatic carboxylic acids is 1. The fourth-order valence-electron chi connectivity index (χ4n) is 1.92. The van der Waals surface area contributed by atoms with Crippen LogP contribution in [0.3, 0.4) is 0 Å². The lowest BCUT2D eigenvalue weighted by Gasteiger charge is -2.19. The standard InChI is InChI=1S/C15H21BrN2O3/c1-9(2)13(14(19)20)8-17-15(21)18-10(3)11-5-4-6-12(16)7-11/h4-7,9-10,13H,8H2,1-3H3,(H,19,20)(H2,17,18,21). The van der Waals surface area contributed by atoms with Crippen molar-refractivity contribution in [3.05, 3.63) is 34.3 Å². The van der Waals surface area contributed by atoms with Crippen LogP contribution in [0.4, 0.5) is 4.79 Å². The van der Waals surface area contributed by atoms with E-state index in [4.69, 9.17) is 5.11 Å². The molecule has 2 atom stereocenters. The molecule has 0 aliphatic rings. The molecule has 0 saturated carbocycles. The largest absolute Gasteiger partial charge is 0.481 e. The first-order valence-electron chi connectivity index (χ1n) is 6.84. The third kappa shape index (κ3) is 5.75. The third-order valence-corrected chi connectivity index (χ3v) is 3.79. The highest BCUT2D eigenvalue weighted by Gasteiger charge is 2.22. The van der Waals surface area contributed by atoms with Crippen molar-refractivity contribution in [1.82, 2.24) is 10.6 Å². The number of carbonyl (C=O) groups is 2. The summed E-state index contributed by atoms with van der Waals surface area (Å²) in [4.78, 5) is 22.9. The summed E-state index contributed by atoms with van der Waals surface area (Å²) >= 11 is 3.38. The van der Waals surface area contributed by atoms with Crippen LogP contribution < -0.4 is 10.6 Å². The first-order valence-corrected chi connectivity index (χ1v) is 7.63. The first kappa shape index (κ1) is 17.5. The highest BCUT2D eigenvalue weighted by molar-refractivity contribution is 9.10. The minimum Gasteiger partial charge on any atom is -0.481 e. The molecule has 0 radical (unpaired) electrons. The molecular formula is C15H21BrN2O3. The number of benzene rings is 1. The summed E-state index contributed by atoms with van der Waals surface area (Å²) in [7, 11) is 0. The molecule has 0 heterocycles. The van der Waals surface area contributed by atoms with Gasteiger partial charge in [-0.05, 0) is 30.5 Å². The number of carboxylic acid groups (broad SMARTS) is 1. The maximum Gasteiger partial charge on any atom is 0.315 e. The number of nitrogens with one attached hydrogen (secondary N) is 2. The van der Waals surface area contributed by atoms with E-state index in [1.807, 2.05) is 45.0 Å². The van der Waals surface area contributed by atoms with Crippen molar-refractivity contribution >= 4 is 27.9 Å². The molecule has 6 heteroatoms. The lowest BCUT2D eigenvalue weighted by Crippen LogP contribution is -2.42. The van der Waals surface area contributed by atoms with Gasteiger partial charge in [0.05, 0.1) is 12.0 Å². The van der Waals surface area contributed by atoms with Crippen LogP contribution in [0.25, 0.3) is 0 Å². The summed E-state index contributed by atoms with van der Waals surface area (Å²) < 4.78 is 0.944. The smallest absolute Gasteiger partial charge is 0.315 e. The quantitative estimate of drug-likeness (QED) is 0.732. The van der Waals surface area contributed by atoms with Crippen LogP contribution in [0.15, 0.2) is 28.7 Å². The average Bonchev–Trinajstić information content (AvgIpc) is 2.37. The molecule has 0 saturated heterocycles. The monoisotopic (exact) mass is 356 g/mol. The number of urea groups is 1. The molecule has 3 N–H and O–H groups in total. The molecule has 1 aromatic carbocycles. The number of rotatable bonds is 6. The van der Waals surface area contributed by atoms with Crippen LogP contribution in [0.5, 0.6) is 0 Å². The number of carboxylic acids is 1. The molecule has 0 aromatic heterocycles. The van der Waals surface area contributed by atoms with Gasteiger partial charge < -0.3 is 15.7 Å². The van der Waals surface area contributed by atoms with E-state index in [1.165, 1.54) is 0 Å². The maximum absolute atomic E-state index is 11.8. The molecule has 2 unspecified atom stereocenters. The molecule has 21 heavy (non-hydrogen) atoms. The Morgan fingerprint density at radius 2 is 1.95 bits per heavy atom. The Labute approximate surface area is 133 Å². The van der Waals surface area contributed by atoms with Crippen LogP contribution >= 0.6 is 15.9 Å². The van der Waals surface area contributed by atoms with E-state index in [0.29, 0.717) is 0 Å². The number of carbonyl (C=O) groups excluding carboxylic acids is 1. The van der Waals surface area contributed by atoms with Gasteiger partial charge in [-0.1, -0.05) is 41.9 Å². The zero-order valence-corrected chi connectivity index (χ0v) is 14.0. The van der Waals surface area contributed by atoms with E-state index >= 15 is 0 Å². The Morgan fingerprint density at radius 3 is 2.48 bits per heavy atom. The predicted octanol–water partition coefficient (Wildman–Crippen LogP) is 3.17. The Bertz CT molecular complexity index is 505. The van der Waals surface area contributed by atoms with Gasteiger partial charge in [-0.2, -0.15) is 0 Å². The number of amides is 2. The molecular weight excluding hydrogens is 336 g/mol. The summed E-state index contributed by atoms with van der Waals surface area (Å²) in [5.74, 6) is -1.52. The van der Waals surface area contributed by atoms with Crippen molar-refractivity contribution in [2.75, 3.05) is 6.54 Å². The molecule has 0 fully saturated rings. The fourth-order valence-corrected chi connectivity index (χ4v) is 2.33. The summed E-state index contributed by atoms with van der Waals surface area (Å²) in [5, 5.41) is 14.5. The second-order valence-corrected chi connectivity index (χ2v) is 6.24. The highest BCUT2D eigenvalue weighted by atomic mass is 79.9. The average molecular weight is 357 g/mol. The summed E-state index contributed by atoms with van der Waals surface area (Å²) in [6.07, 6.45) is 0. The zero-order chi connectivity index (χ0) is 16.0. The molecule has 5 nitrogen and oxygen atoms in total. The lowest BCUT2D eigenvalue weighted by molar-refractivity contribution is -0.142. The van der Waals surface area contributed by atoms with Gasteiger partial charge in [0, 0.05) is 11.0 Å². The number of hydrogen-bond acceptors (Lipinski definition) is 2. The Morgan fingerprint density at radius 1 is 1.29 bits per heavy atom. The topological polar surface area (TPSA) is 78.4 Å². The lowest BCUT2D eigenvalue weighted by atomic mass is 9.96. The SMILES string of the molecule is CC(NC(=O)NCC(C(=O)O)C(C)C)c1cccc(Br)c1. The van der Waals surface area contributed by atoms with Gasteiger partial charge in [0.2, 0.25) is 0 Å². The molecule has 0 spiro atoms. The second-order valence-electron chi connectivity index (χ2n) is 5.32. The van der Waals surface area contributed by atoms with Crippen molar-refractivity contribution in [3.8, 4) is 0 Å². The van der Waals surface area contributed by atoms with E-state index in [2.05, 4.69) is 26.6 Å². The van der Waals surface area contributed by atoms with Gasteiger partial charge in [-0.25, -0.2) is 4.79 Å². The number of hydrogen-bond donors (Lipinski definition) is 3. The van der Waals surface area contributed by atoms with Crippen molar-refractivity contribution < 1.29 is 14.7 Å². The van der Waals surface area contributed by atoms with Crippen LogP contribution in [0.2, 0.25) is 0 Å². The summed E-state index contributed by atoms with van der Waals surface area (Å²) in [6.45, 7) is 5.63. The predicted molar refractivity (Wildman–Crippen MR) is 85.1 cm³/mol. The Kier molecular flexibility index (Phi) is 6.68. The van der Waals surface area contributed by atoms with Crippen molar-refractivity contribution in [2.45, 2.75) is 26.8 Å². The summed E-state index contributed by atoms with van der Waals surface area (Å²) in [6, 6.07) is 7.13. The van der Waals surface area contributed by atoms with E-state index < -0.39 is 11.9 Å². The Hall–Kier alpha value is -1.56. The molecule has 2 amide bonds. The first-order chi connectivity index (χ1) is 9.81. The molecule has 0 aliphatic carbocycles. The van der Waals surface area contributed by atoms with E-state index in [1.54, 1.807) is 0 Å². The van der Waals surface area contributed by atoms with Crippen LogP contribution in [0, 0.1) is 11.8 Å². The molecule has 116 valence electrons. The van der Waals surface area contributed by atoms with Crippen LogP contribution in [-0.4, -0.2) is 23.7 Å². The molecule has 1 aromatic rings. The van der Waals surface area contributed by atoms with E-state index in [9.17, 15) is 9.59 Å². The molecule has 1 rings (SSSR count). The van der Waals surface area contributed by atoms with Crippen LogP contribution in [0.1, 0.15) is 32.4 Å². The van der Waals surface area contributed by atoms with Gasteiger partial charge in [-0.15, -0.1) is 0 Å². The van der Waals surface area contributed by atoms with Gasteiger partial charge in [-0.3, -0.25) is 4.79 Å². The van der Waals surface area contributed by atoms with Crippen molar-refractivity contribution in [1.29, 1.82) is 0 Å². The zero-order valence-electron chi connectivity index (χ0n) is 12.4. The second kappa shape index (κ2) is 8.02. The van der Waals surface area contributed by atoms with Gasteiger partial charge in [0.15, 0.2) is 0 Å². The normalized spacial score (nSPS) is 13.6. The van der Waals surface area contributed by atoms with E-state index in [-0.39, 0.29) is 24.5 Å². The summed E-state index contributed by atoms with van der Waals surface area (Å²) in [5.41, 5.74) is 0.971. The fraction of sp³-hybridized carbons (Fsp3) is 0.467. The van der Waals surface area contributed by atoms with Crippen LogP contribution in [-0.2, 0) is 4.79 Å². The van der Waals surface area contributed by atoms with Gasteiger partial charge in [0.1, 0.15) is 0 Å². The number of halogens is 1. The van der Waals surface area contributed by atoms with Crippen molar-refractivity contribution in [3.63, 3.8) is 0 Å². The van der Waals surface area contributed by atoms with Crippen molar-refractivity contribution in [2.24, 2.45) is 11.8 Å².